The Morgan fingerprint density at radius 2 is 1.97 bits per heavy atom. The highest BCUT2D eigenvalue weighted by Crippen LogP contribution is 2.43. The largest absolute Gasteiger partial charge is 0.496 e. The topological polar surface area (TPSA) is 77.8 Å². The Morgan fingerprint density at radius 3 is 2.68 bits per heavy atom. The zero-order valence-corrected chi connectivity index (χ0v) is 20.6. The predicted octanol–water partition coefficient (Wildman–Crippen LogP) is 4.89. The highest BCUT2D eigenvalue weighted by atomic mass is 16.5. The summed E-state index contributed by atoms with van der Waals surface area (Å²) < 4.78 is 17.6. The van der Waals surface area contributed by atoms with Crippen LogP contribution in [0.25, 0.3) is 11.0 Å². The van der Waals surface area contributed by atoms with Crippen LogP contribution in [0.15, 0.2) is 45.6 Å². The molecule has 0 spiro atoms. The first-order chi connectivity index (χ1) is 16.2. The molecule has 2 heterocycles. The second kappa shape index (κ2) is 9.53. The lowest BCUT2D eigenvalue weighted by atomic mass is 9.91. The number of nitrogens with one attached hydrogen (secondary N) is 1. The van der Waals surface area contributed by atoms with Crippen molar-refractivity contribution in [2.24, 2.45) is 0 Å². The molecular formula is C28H33NO5. The summed E-state index contributed by atoms with van der Waals surface area (Å²) in [6, 6.07) is 12.0. The molecule has 2 aromatic carbocycles. The van der Waals surface area contributed by atoms with Gasteiger partial charge in [-0.2, -0.15) is 0 Å². The highest BCUT2D eigenvalue weighted by molar-refractivity contribution is 5.93. The van der Waals surface area contributed by atoms with Crippen LogP contribution >= 0.6 is 0 Å². The van der Waals surface area contributed by atoms with Gasteiger partial charge in [0.25, 0.3) is 0 Å². The van der Waals surface area contributed by atoms with E-state index in [1.165, 1.54) is 5.56 Å². The van der Waals surface area contributed by atoms with Gasteiger partial charge in [-0.1, -0.05) is 30.3 Å². The minimum atomic E-state index is -0.489. The number of hydrogen-bond acceptors (Lipinski definition) is 5. The van der Waals surface area contributed by atoms with Crippen molar-refractivity contribution in [3.8, 4) is 11.5 Å². The average Bonchev–Trinajstić information content (AvgIpc) is 2.79. The van der Waals surface area contributed by atoms with Crippen molar-refractivity contribution < 1.29 is 18.7 Å². The zero-order valence-electron chi connectivity index (χ0n) is 20.6. The van der Waals surface area contributed by atoms with Gasteiger partial charge in [-0.15, -0.1) is 0 Å². The van der Waals surface area contributed by atoms with Crippen LogP contribution in [0.5, 0.6) is 11.5 Å². The zero-order chi connectivity index (χ0) is 24.5. The van der Waals surface area contributed by atoms with Crippen LogP contribution in [-0.4, -0.2) is 24.7 Å². The van der Waals surface area contributed by atoms with E-state index in [0.717, 1.165) is 36.6 Å². The van der Waals surface area contributed by atoms with Crippen molar-refractivity contribution in [3.05, 3.63) is 69.1 Å². The lowest BCUT2D eigenvalue weighted by Crippen LogP contribution is -2.35. The van der Waals surface area contributed by atoms with Crippen molar-refractivity contribution >= 4 is 16.9 Å². The fourth-order valence-corrected chi connectivity index (χ4v) is 4.63. The van der Waals surface area contributed by atoms with Crippen LogP contribution in [0.2, 0.25) is 0 Å². The number of hydrogen-bond donors (Lipinski definition) is 1. The maximum absolute atomic E-state index is 13.0. The van der Waals surface area contributed by atoms with Gasteiger partial charge in [-0.25, -0.2) is 4.79 Å². The quantitative estimate of drug-likeness (QED) is 0.505. The van der Waals surface area contributed by atoms with Gasteiger partial charge in [0.1, 0.15) is 22.7 Å². The van der Waals surface area contributed by atoms with Gasteiger partial charge in [-0.05, 0) is 64.5 Å². The average molecular weight is 464 g/mol. The number of fused-ring (bicyclic) bond motifs is 3. The van der Waals surface area contributed by atoms with Crippen LogP contribution in [0.3, 0.4) is 0 Å². The monoisotopic (exact) mass is 463 g/mol. The van der Waals surface area contributed by atoms with E-state index in [1.54, 1.807) is 7.11 Å². The van der Waals surface area contributed by atoms with Crippen molar-refractivity contribution in [3.63, 3.8) is 0 Å². The summed E-state index contributed by atoms with van der Waals surface area (Å²) in [4.78, 5) is 25.8. The predicted molar refractivity (Wildman–Crippen MR) is 133 cm³/mol. The standard InChI is InChI=1S/C28H33NO5/c1-17(11-12-19-9-7-6-8-10-19)29-24(30)15-21-18(2)25-23(32-5)16-22-20(26(25)33-27(21)31)13-14-28(3,4)34-22/h6-10,16-17H,11-15H2,1-5H3,(H,29,30). The molecule has 1 unspecified atom stereocenters. The van der Waals surface area contributed by atoms with Crippen LogP contribution in [0.1, 0.15) is 55.9 Å². The van der Waals surface area contributed by atoms with Gasteiger partial charge in [0.05, 0.1) is 24.5 Å². The summed E-state index contributed by atoms with van der Waals surface area (Å²) in [5, 5.41) is 3.74. The molecule has 0 aliphatic carbocycles. The van der Waals surface area contributed by atoms with Gasteiger partial charge >= 0.3 is 5.63 Å². The maximum Gasteiger partial charge on any atom is 0.340 e. The molecule has 1 aromatic heterocycles. The third kappa shape index (κ3) is 4.96. The van der Waals surface area contributed by atoms with E-state index >= 15 is 0 Å². The number of amides is 1. The van der Waals surface area contributed by atoms with E-state index in [9.17, 15) is 9.59 Å². The van der Waals surface area contributed by atoms with Gasteiger partial charge in [0.15, 0.2) is 0 Å². The Morgan fingerprint density at radius 1 is 1.24 bits per heavy atom. The van der Waals surface area contributed by atoms with E-state index in [1.807, 2.05) is 52.0 Å². The molecule has 6 nitrogen and oxygen atoms in total. The molecule has 0 saturated heterocycles. The first-order valence-corrected chi connectivity index (χ1v) is 11.9. The van der Waals surface area contributed by atoms with E-state index < -0.39 is 5.63 Å². The molecule has 3 aromatic rings. The fourth-order valence-electron chi connectivity index (χ4n) is 4.63. The second-order valence-electron chi connectivity index (χ2n) is 9.78. The van der Waals surface area contributed by atoms with Crippen LogP contribution < -0.4 is 20.4 Å². The van der Waals surface area contributed by atoms with Gasteiger partial charge in [-0.3, -0.25) is 4.79 Å². The van der Waals surface area contributed by atoms with Crippen molar-refractivity contribution in [2.45, 2.75) is 71.4 Å². The first kappa shape index (κ1) is 23.9. The van der Waals surface area contributed by atoms with Crippen molar-refractivity contribution in [1.82, 2.24) is 5.32 Å². The number of carbonyl (C=O) groups is 1. The molecule has 0 bridgehead atoms. The van der Waals surface area contributed by atoms with Crippen LogP contribution in [0.4, 0.5) is 0 Å². The van der Waals surface area contributed by atoms with Crippen molar-refractivity contribution in [2.75, 3.05) is 7.11 Å². The molecule has 1 amide bonds. The number of benzene rings is 2. The molecular weight excluding hydrogens is 430 g/mol. The molecule has 0 saturated carbocycles. The molecule has 1 N–H and O–H groups in total. The third-order valence-corrected chi connectivity index (χ3v) is 6.61. The Balaban J connectivity index is 1.57. The number of ether oxygens (including phenoxy) is 2. The molecule has 34 heavy (non-hydrogen) atoms. The summed E-state index contributed by atoms with van der Waals surface area (Å²) in [5.41, 5.74) is 2.89. The summed E-state index contributed by atoms with van der Waals surface area (Å²) >= 11 is 0. The summed E-state index contributed by atoms with van der Waals surface area (Å²) in [6.07, 6.45) is 3.21. The highest BCUT2D eigenvalue weighted by Gasteiger charge is 2.31. The Bertz CT molecular complexity index is 1260. The molecule has 180 valence electrons. The molecule has 1 aliphatic heterocycles. The van der Waals surface area contributed by atoms with Crippen LogP contribution in [-0.2, 0) is 24.1 Å². The Kier molecular flexibility index (Phi) is 6.69. The Hall–Kier alpha value is -3.28. The number of rotatable bonds is 7. The first-order valence-electron chi connectivity index (χ1n) is 11.9. The molecule has 4 rings (SSSR count). The van der Waals surface area contributed by atoms with Gasteiger partial charge in [0.2, 0.25) is 5.91 Å². The maximum atomic E-state index is 13.0. The molecule has 0 radical (unpaired) electrons. The lowest BCUT2D eigenvalue weighted by molar-refractivity contribution is -0.121. The molecule has 6 heteroatoms. The van der Waals surface area contributed by atoms with Gasteiger partial charge < -0.3 is 19.2 Å². The molecule has 0 fully saturated rings. The summed E-state index contributed by atoms with van der Waals surface area (Å²) in [7, 11) is 1.58. The number of aryl methyl sites for hydroxylation is 3. The summed E-state index contributed by atoms with van der Waals surface area (Å²) in [6.45, 7) is 7.91. The SMILES string of the molecule is COc1cc2c(c3oc(=O)c(CC(=O)NC(C)CCc4ccccc4)c(C)c13)CCC(C)(C)O2. The molecule has 1 atom stereocenters. The Labute approximate surface area is 200 Å². The van der Waals surface area contributed by atoms with E-state index in [4.69, 9.17) is 13.9 Å². The van der Waals surface area contributed by atoms with Crippen LogP contribution in [0, 0.1) is 6.92 Å². The summed E-state index contributed by atoms with van der Waals surface area (Å²) in [5.74, 6) is 1.06. The van der Waals surface area contributed by atoms with Gasteiger partial charge in [0, 0.05) is 17.7 Å². The normalized spacial score (nSPS) is 15.3. The minimum absolute atomic E-state index is 0.0115. The number of carbonyl (C=O) groups excluding carboxylic acids is 1. The van der Waals surface area contributed by atoms with E-state index in [-0.39, 0.29) is 24.0 Å². The minimum Gasteiger partial charge on any atom is -0.496 e. The lowest BCUT2D eigenvalue weighted by Gasteiger charge is -2.33. The third-order valence-electron chi connectivity index (χ3n) is 6.61. The van der Waals surface area contributed by atoms with Crippen molar-refractivity contribution in [1.29, 1.82) is 0 Å². The fraction of sp³-hybridized carbons (Fsp3) is 0.429. The smallest absolute Gasteiger partial charge is 0.340 e. The molecule has 1 aliphatic rings. The van der Waals surface area contributed by atoms with E-state index in [0.29, 0.717) is 28.2 Å². The number of methoxy groups -OCH3 is 1. The second-order valence-corrected chi connectivity index (χ2v) is 9.78. The van der Waals surface area contributed by atoms with E-state index in [2.05, 4.69) is 17.4 Å².